The van der Waals surface area contributed by atoms with Gasteiger partial charge in [-0.25, -0.2) is 4.79 Å². The maximum absolute atomic E-state index is 12.3. The normalized spacial score (nSPS) is 11.5. The Morgan fingerprint density at radius 3 is 2.44 bits per heavy atom. The van der Waals surface area contributed by atoms with Crippen LogP contribution in [0.3, 0.4) is 0 Å². The maximum atomic E-state index is 12.3. The Morgan fingerprint density at radius 1 is 1.11 bits per heavy atom. The Morgan fingerprint density at radius 2 is 1.85 bits per heavy atom. The molecule has 0 radical (unpaired) electrons. The molecule has 2 rings (SSSR count). The molecule has 0 saturated heterocycles. The highest BCUT2D eigenvalue weighted by Crippen LogP contribution is 2.30. The summed E-state index contributed by atoms with van der Waals surface area (Å²) in [6.07, 6.45) is 3.47. The zero-order chi connectivity index (χ0) is 20.0. The van der Waals surface area contributed by atoms with E-state index in [0.717, 1.165) is 11.3 Å². The van der Waals surface area contributed by atoms with Crippen molar-refractivity contribution in [2.75, 3.05) is 6.61 Å². The van der Waals surface area contributed by atoms with E-state index in [4.69, 9.17) is 9.15 Å². The van der Waals surface area contributed by atoms with Crippen LogP contribution in [0.4, 0.5) is 0 Å². The predicted molar refractivity (Wildman–Crippen MR) is 107 cm³/mol. The van der Waals surface area contributed by atoms with Crippen molar-refractivity contribution in [1.82, 2.24) is 0 Å². The third-order valence-electron chi connectivity index (χ3n) is 4.21. The summed E-state index contributed by atoms with van der Waals surface area (Å²) >= 11 is 0. The van der Waals surface area contributed by atoms with Gasteiger partial charge in [0.2, 0.25) is 0 Å². The topological polar surface area (TPSA) is 56.5 Å². The van der Waals surface area contributed by atoms with Crippen LogP contribution < -0.4 is 0 Å². The highest BCUT2D eigenvalue weighted by molar-refractivity contribution is 5.95. The first-order valence-electron chi connectivity index (χ1n) is 9.42. The summed E-state index contributed by atoms with van der Waals surface area (Å²) in [7, 11) is 0. The lowest BCUT2D eigenvalue weighted by atomic mass is 9.98. The van der Waals surface area contributed by atoms with Gasteiger partial charge in [0.05, 0.1) is 12.2 Å². The molecule has 0 aliphatic rings. The second-order valence-corrected chi connectivity index (χ2v) is 7.18. The van der Waals surface area contributed by atoms with Gasteiger partial charge >= 0.3 is 5.97 Å². The van der Waals surface area contributed by atoms with E-state index in [9.17, 15) is 9.59 Å². The Bertz CT molecular complexity index is 799. The van der Waals surface area contributed by atoms with Gasteiger partial charge in [0, 0.05) is 12.3 Å². The molecule has 144 valence electrons. The molecule has 0 amide bonds. The van der Waals surface area contributed by atoms with Crippen molar-refractivity contribution >= 4 is 17.8 Å². The van der Waals surface area contributed by atoms with Gasteiger partial charge in [-0.15, -0.1) is 0 Å². The Kier molecular flexibility index (Phi) is 7.17. The molecule has 0 spiro atoms. The van der Waals surface area contributed by atoms with Gasteiger partial charge in [-0.05, 0) is 54.3 Å². The number of rotatable bonds is 8. The van der Waals surface area contributed by atoms with Gasteiger partial charge in [-0.1, -0.05) is 39.8 Å². The third-order valence-corrected chi connectivity index (χ3v) is 4.21. The fourth-order valence-corrected chi connectivity index (χ4v) is 2.88. The van der Waals surface area contributed by atoms with E-state index < -0.39 is 0 Å². The highest BCUT2D eigenvalue weighted by Gasteiger charge is 2.16. The summed E-state index contributed by atoms with van der Waals surface area (Å²) in [6, 6.07) is 8.98. The lowest BCUT2D eigenvalue weighted by molar-refractivity contribution is -0.113. The van der Waals surface area contributed by atoms with Gasteiger partial charge in [0.25, 0.3) is 0 Å². The smallest absolute Gasteiger partial charge is 0.338 e. The second kappa shape index (κ2) is 9.36. The molecule has 1 aromatic heterocycles. The van der Waals surface area contributed by atoms with Crippen LogP contribution in [0.15, 0.2) is 40.8 Å². The van der Waals surface area contributed by atoms with Crippen LogP contribution >= 0.6 is 0 Å². The standard InChI is InChI=1S/C23H28O4/c1-6-26-23(25)18-9-7-8-17(12-18)13-19(24)10-11-20-14-21(15(2)3)22(27-20)16(4)5/h7-12,14-16H,6,13H2,1-5H3/b11-10+. The van der Waals surface area contributed by atoms with Crippen molar-refractivity contribution < 1.29 is 18.7 Å². The number of hydrogen-bond donors (Lipinski definition) is 0. The minimum atomic E-state index is -0.375. The summed E-state index contributed by atoms with van der Waals surface area (Å²) in [4.78, 5) is 24.1. The van der Waals surface area contributed by atoms with E-state index in [2.05, 4.69) is 27.7 Å². The summed E-state index contributed by atoms with van der Waals surface area (Å²) in [6.45, 7) is 10.5. The van der Waals surface area contributed by atoms with Crippen LogP contribution in [0.1, 0.15) is 79.5 Å². The monoisotopic (exact) mass is 368 g/mol. The molecule has 0 aliphatic carbocycles. The van der Waals surface area contributed by atoms with Crippen molar-refractivity contribution in [3.05, 3.63) is 64.6 Å². The number of hydrogen-bond acceptors (Lipinski definition) is 4. The van der Waals surface area contributed by atoms with Crippen molar-refractivity contribution in [3.63, 3.8) is 0 Å². The minimum Gasteiger partial charge on any atom is -0.462 e. The van der Waals surface area contributed by atoms with Crippen LogP contribution in [0.2, 0.25) is 0 Å². The molecule has 0 aliphatic heterocycles. The van der Waals surface area contributed by atoms with Crippen LogP contribution in [-0.2, 0) is 16.0 Å². The molecule has 0 fully saturated rings. The summed E-state index contributed by atoms with van der Waals surface area (Å²) < 4.78 is 10.9. The molecule has 0 bridgehead atoms. The summed E-state index contributed by atoms with van der Waals surface area (Å²) in [5.74, 6) is 1.90. The molecule has 4 nitrogen and oxygen atoms in total. The fourth-order valence-electron chi connectivity index (χ4n) is 2.88. The number of ether oxygens (including phenoxy) is 1. The van der Waals surface area contributed by atoms with Gasteiger partial charge in [0.1, 0.15) is 11.5 Å². The zero-order valence-electron chi connectivity index (χ0n) is 16.7. The van der Waals surface area contributed by atoms with Crippen LogP contribution in [0.5, 0.6) is 0 Å². The lowest BCUT2D eigenvalue weighted by Crippen LogP contribution is -2.06. The molecule has 0 N–H and O–H groups in total. The number of carbonyl (C=O) groups excluding carboxylic acids is 2. The number of benzene rings is 1. The first-order chi connectivity index (χ1) is 12.8. The van der Waals surface area contributed by atoms with Crippen molar-refractivity contribution in [2.45, 2.75) is 52.9 Å². The van der Waals surface area contributed by atoms with E-state index >= 15 is 0 Å². The molecule has 4 heteroatoms. The molecule has 1 heterocycles. The second-order valence-electron chi connectivity index (χ2n) is 7.18. The molecule has 0 unspecified atom stereocenters. The Labute approximate surface area is 161 Å². The summed E-state index contributed by atoms with van der Waals surface area (Å²) in [5.41, 5.74) is 2.42. The molecular formula is C23H28O4. The van der Waals surface area contributed by atoms with E-state index in [1.165, 1.54) is 11.6 Å². The Balaban J connectivity index is 2.09. The zero-order valence-corrected chi connectivity index (χ0v) is 16.7. The van der Waals surface area contributed by atoms with Crippen LogP contribution in [0.25, 0.3) is 6.08 Å². The first-order valence-corrected chi connectivity index (χ1v) is 9.42. The largest absolute Gasteiger partial charge is 0.462 e. The maximum Gasteiger partial charge on any atom is 0.338 e. The SMILES string of the molecule is CCOC(=O)c1cccc(CC(=O)/C=C/c2cc(C(C)C)c(C(C)C)o2)c1. The van der Waals surface area contributed by atoms with Gasteiger partial charge in [-0.2, -0.15) is 0 Å². The quantitative estimate of drug-likeness (QED) is 0.454. The molecule has 2 aromatic rings. The number of esters is 1. The van der Waals surface area contributed by atoms with Gasteiger partial charge in [0.15, 0.2) is 5.78 Å². The summed E-state index contributed by atoms with van der Waals surface area (Å²) in [5, 5.41) is 0. The first kappa shape index (κ1) is 20.7. The molecule has 1 aromatic carbocycles. The minimum absolute atomic E-state index is 0.0513. The van der Waals surface area contributed by atoms with Gasteiger partial charge < -0.3 is 9.15 Å². The predicted octanol–water partition coefficient (Wildman–Crippen LogP) is 5.53. The molecular weight excluding hydrogens is 340 g/mol. The van der Waals surface area contributed by atoms with E-state index in [0.29, 0.717) is 29.8 Å². The highest BCUT2D eigenvalue weighted by atomic mass is 16.5. The average molecular weight is 368 g/mol. The lowest BCUT2D eigenvalue weighted by Gasteiger charge is -2.07. The fraction of sp³-hybridized carbons (Fsp3) is 0.391. The van der Waals surface area contributed by atoms with Crippen molar-refractivity contribution in [2.24, 2.45) is 0 Å². The number of allylic oxidation sites excluding steroid dienone is 1. The van der Waals surface area contributed by atoms with E-state index in [1.54, 1.807) is 31.2 Å². The number of ketones is 1. The molecule has 0 atom stereocenters. The van der Waals surface area contributed by atoms with Crippen LogP contribution in [0, 0.1) is 0 Å². The molecule has 27 heavy (non-hydrogen) atoms. The number of carbonyl (C=O) groups is 2. The van der Waals surface area contributed by atoms with Crippen LogP contribution in [-0.4, -0.2) is 18.4 Å². The van der Waals surface area contributed by atoms with E-state index in [-0.39, 0.29) is 18.2 Å². The van der Waals surface area contributed by atoms with Crippen molar-refractivity contribution in [1.29, 1.82) is 0 Å². The van der Waals surface area contributed by atoms with Crippen molar-refractivity contribution in [3.8, 4) is 0 Å². The third kappa shape index (κ3) is 5.68. The number of furan rings is 1. The van der Waals surface area contributed by atoms with Gasteiger partial charge in [-0.3, -0.25) is 4.79 Å². The average Bonchev–Trinajstić information content (AvgIpc) is 3.05. The van der Waals surface area contributed by atoms with E-state index in [1.807, 2.05) is 12.1 Å². The Hall–Kier alpha value is -2.62. The molecule has 0 saturated carbocycles.